The summed E-state index contributed by atoms with van der Waals surface area (Å²) >= 11 is 0. The van der Waals surface area contributed by atoms with E-state index >= 15 is 37.5 Å². The van der Waals surface area contributed by atoms with Crippen LogP contribution in [0.1, 0.15) is 176 Å². The van der Waals surface area contributed by atoms with Gasteiger partial charge < -0.3 is 69.5 Å². The first-order chi connectivity index (χ1) is 51.7. The molecule has 2 saturated heterocycles. The zero-order chi connectivity index (χ0) is 81.6. The summed E-state index contributed by atoms with van der Waals surface area (Å²) in [5, 5.41) is 8.36. The van der Waals surface area contributed by atoms with Crippen LogP contribution in [0.4, 0.5) is 35.1 Å². The van der Waals surface area contributed by atoms with E-state index in [0.29, 0.717) is 44.9 Å². The number of nitrogens with one attached hydrogen (secondary N) is 3. The molecule has 2 unspecified atom stereocenters. The van der Waals surface area contributed by atoms with Crippen LogP contribution in [0.3, 0.4) is 0 Å². The molecule has 12 atom stereocenters. The van der Waals surface area contributed by atoms with Crippen molar-refractivity contribution in [3.05, 3.63) is 12.2 Å². The van der Waals surface area contributed by atoms with Crippen LogP contribution in [0.5, 0.6) is 0 Å². The second-order valence-corrected chi connectivity index (χ2v) is 31.7. The predicted molar refractivity (Wildman–Crippen MR) is 387 cm³/mol. The third-order valence-electron chi connectivity index (χ3n) is 24.2. The number of likely N-dealkylation sites (N-methyl/N-ethyl adjacent to an activating group) is 7. The van der Waals surface area contributed by atoms with Crippen molar-refractivity contribution in [1.29, 1.82) is 0 Å². The summed E-state index contributed by atoms with van der Waals surface area (Å²) in [5.41, 5.74) is -1.70. The number of halogens is 8. The number of carbonyl (C=O) groups is 12. The largest absolute Gasteiger partial charge is 0.397 e. The summed E-state index contributed by atoms with van der Waals surface area (Å²) in [4.78, 5) is 192. The van der Waals surface area contributed by atoms with Crippen LogP contribution < -0.4 is 16.0 Å². The highest BCUT2D eigenvalue weighted by Gasteiger charge is 2.56. The Kier molecular flexibility index (Phi) is 32.3. The first-order valence-electron chi connectivity index (χ1n) is 39.3. The molecule has 4 saturated carbocycles. The minimum Gasteiger partial charge on any atom is -0.379 e. The Morgan fingerprint density at radius 3 is 1.86 bits per heavy atom. The Bertz CT molecular complexity index is 3250. The maximum atomic E-state index is 15.6. The monoisotopic (exact) mass is 1570 g/mol. The van der Waals surface area contributed by atoms with E-state index in [1.165, 1.54) is 64.0 Å². The number of hydrogen-bond donors (Lipinski definition) is 3. The van der Waals surface area contributed by atoms with E-state index in [9.17, 15) is 55.1 Å². The van der Waals surface area contributed by atoms with E-state index < -0.39 is 236 Å². The number of carbonyl (C=O) groups excluding carboxylic acids is 12. The molecule has 0 aromatic rings. The standard InChI is InChI=1S/C76H118F8N12O14/c1-13-35-109-44-58-65(100)86-63(45(5)14-2)71(106)90(8)43-61(99)91(9)54-25-18-17-21-34-95(70(54)105)57(38-46-26-29-49(30-27-46)75(79,80)81)69(104)89(7)42-59(97)85-53(31-28-47-36-51(77)62(52(78)37-47)76(82,83)84)67(102)96-41-50(110-16-4)39-55(96)66(101)87-74(32-22-33-74)73(108)94(12)64(48-23-19-20-24-48)72(107)93(11)56(40-60(98)92(58)10)68(103)88(6)15-3/h17-18,45-58,62-64H,13-16,19-44H2,1-12H3,(H,85,97)(H,86,100)(H,87,101)/b18-17-/t45-,46?,47?,49?,50+,51?,52?,53-,54-,55-,56-,57-,58-,62?,63-,64-/m0/s1. The molecule has 3 heterocycles. The zero-order valence-corrected chi connectivity index (χ0v) is 65.9. The van der Waals surface area contributed by atoms with Crippen LogP contribution >= 0.6 is 0 Å². The van der Waals surface area contributed by atoms with Gasteiger partial charge >= 0.3 is 12.4 Å². The molecule has 6 fully saturated rings. The van der Waals surface area contributed by atoms with Crippen molar-refractivity contribution in [3.63, 3.8) is 0 Å². The average molecular weight is 1580 g/mol. The van der Waals surface area contributed by atoms with Gasteiger partial charge in [0.2, 0.25) is 70.9 Å². The van der Waals surface area contributed by atoms with Gasteiger partial charge in [0, 0.05) is 88.6 Å². The van der Waals surface area contributed by atoms with Crippen molar-refractivity contribution >= 4 is 70.9 Å². The van der Waals surface area contributed by atoms with Gasteiger partial charge in [0.1, 0.15) is 72.1 Å². The normalized spacial score (nSPS) is 31.6. The van der Waals surface area contributed by atoms with Gasteiger partial charge in [-0.2, -0.15) is 26.3 Å². The van der Waals surface area contributed by atoms with E-state index in [4.69, 9.17) is 9.47 Å². The second-order valence-electron chi connectivity index (χ2n) is 31.7. The first-order valence-corrected chi connectivity index (χ1v) is 39.3. The van der Waals surface area contributed by atoms with E-state index in [-0.39, 0.29) is 103 Å². The SMILES string of the molecule is CCCOC[C@H]1C(=O)N[C@@H]([C@@H](C)CC)C(=O)N(C)CC(=O)N(C)[C@H]2C/C=C\CCN(C2=O)[C@@H](CC2CCC(C(F)(F)F)CC2)C(=O)N(C)CC(=O)N[C@@H](CCC2CC(F)C(C(F)(F)F)C(F)C2)C(=O)N2C[C@H](OCC)C[C@H]2C(=O)NC2(CCC2)C(=O)N(C)[C@@H](C2CCCC2)C(=O)N(C)[C@H](C(=O)N(C)CC)CC(=O)N1C. The maximum absolute atomic E-state index is 15.6. The van der Waals surface area contributed by atoms with Crippen LogP contribution in [0.25, 0.3) is 0 Å². The summed E-state index contributed by atoms with van der Waals surface area (Å²) < 4.78 is 127. The second kappa shape index (κ2) is 39.5. The zero-order valence-electron chi connectivity index (χ0n) is 65.9. The van der Waals surface area contributed by atoms with Crippen molar-refractivity contribution < 1.29 is 102 Å². The molecule has 0 aromatic heterocycles. The molecular weight excluding hydrogens is 1460 g/mol. The number of alkyl halides is 8. The lowest BCUT2D eigenvalue weighted by molar-refractivity contribution is -0.219. The Hall–Kier alpha value is -7.26. The van der Waals surface area contributed by atoms with Gasteiger partial charge in [0.05, 0.1) is 38.1 Å². The number of amides is 12. The van der Waals surface area contributed by atoms with Gasteiger partial charge in [-0.3, -0.25) is 57.5 Å². The van der Waals surface area contributed by atoms with Gasteiger partial charge in [0.25, 0.3) is 0 Å². The number of rotatable bonds is 16. The molecule has 12 amide bonds. The Morgan fingerprint density at radius 1 is 0.655 bits per heavy atom. The average Bonchev–Trinajstić information content (AvgIpc) is 1.14. The smallest absolute Gasteiger partial charge is 0.379 e. The van der Waals surface area contributed by atoms with E-state index in [0.717, 1.165) is 29.4 Å². The van der Waals surface area contributed by atoms with E-state index in [2.05, 4.69) is 16.0 Å². The maximum Gasteiger partial charge on any atom is 0.397 e. The molecule has 1 spiro atoms. The summed E-state index contributed by atoms with van der Waals surface area (Å²) in [6, 6.07) is -11.7. The molecule has 0 radical (unpaired) electrons. The quantitative estimate of drug-likeness (QED) is 0.0892. The lowest BCUT2D eigenvalue weighted by Gasteiger charge is -2.46. The van der Waals surface area contributed by atoms with Crippen molar-refractivity contribution in [2.24, 2.45) is 35.5 Å². The van der Waals surface area contributed by atoms with Gasteiger partial charge in [0.15, 0.2) is 0 Å². The molecule has 622 valence electrons. The highest BCUT2D eigenvalue weighted by atomic mass is 19.4. The first kappa shape index (κ1) is 89.9. The number of nitrogens with zero attached hydrogens (tertiary/aromatic N) is 9. The van der Waals surface area contributed by atoms with Crippen LogP contribution in [0, 0.1) is 35.5 Å². The van der Waals surface area contributed by atoms with Crippen LogP contribution in [0.2, 0.25) is 0 Å². The molecule has 110 heavy (non-hydrogen) atoms. The fourth-order valence-electron chi connectivity index (χ4n) is 16.9. The lowest BCUT2D eigenvalue weighted by Crippen LogP contribution is -2.68. The summed E-state index contributed by atoms with van der Waals surface area (Å²) in [7, 11) is 9.38. The van der Waals surface area contributed by atoms with Crippen molar-refractivity contribution in [2.75, 3.05) is 102 Å². The van der Waals surface area contributed by atoms with Gasteiger partial charge in [-0.1, -0.05) is 52.2 Å². The molecule has 4 aliphatic carbocycles. The molecule has 3 N–H and O–H groups in total. The van der Waals surface area contributed by atoms with E-state index in [1.54, 1.807) is 39.8 Å². The summed E-state index contributed by atoms with van der Waals surface area (Å²) in [6.07, 6.45) is -13.0. The molecule has 2 bridgehead atoms. The minimum absolute atomic E-state index is 0.0100. The Labute approximate surface area is 640 Å². The highest BCUT2D eigenvalue weighted by Crippen LogP contribution is 2.46. The van der Waals surface area contributed by atoms with Crippen LogP contribution in [-0.2, 0) is 67.0 Å². The number of fused-ring (bicyclic) bond motifs is 3. The topological polar surface area (TPSA) is 289 Å². The number of hydrogen-bond acceptors (Lipinski definition) is 14. The molecule has 7 aliphatic rings. The summed E-state index contributed by atoms with van der Waals surface area (Å²) in [6.45, 7) is 6.54. The molecular formula is C76H118F8N12O14. The van der Waals surface area contributed by atoms with Crippen molar-refractivity contribution in [3.8, 4) is 0 Å². The Morgan fingerprint density at radius 2 is 1.29 bits per heavy atom. The highest BCUT2D eigenvalue weighted by molar-refractivity contribution is 6.01. The molecule has 0 aromatic carbocycles. The fourth-order valence-corrected chi connectivity index (χ4v) is 16.9. The fraction of sp³-hybridized carbons (Fsp3) is 0.816. The molecule has 3 aliphatic heterocycles. The van der Waals surface area contributed by atoms with Gasteiger partial charge in [-0.15, -0.1) is 0 Å². The minimum atomic E-state index is -5.22. The van der Waals surface area contributed by atoms with Gasteiger partial charge in [-0.05, 0) is 147 Å². The van der Waals surface area contributed by atoms with Crippen molar-refractivity contribution in [2.45, 2.75) is 261 Å². The molecule has 26 nitrogen and oxygen atoms in total. The van der Waals surface area contributed by atoms with Crippen molar-refractivity contribution in [1.82, 2.24) is 60.0 Å². The molecule has 34 heteroatoms. The Balaban J connectivity index is 1.33. The summed E-state index contributed by atoms with van der Waals surface area (Å²) in [5.74, 6) is -17.1. The van der Waals surface area contributed by atoms with E-state index in [1.807, 2.05) is 6.92 Å². The third-order valence-corrected chi connectivity index (χ3v) is 24.2. The lowest BCUT2D eigenvalue weighted by atomic mass is 9.74. The molecule has 7 rings (SSSR count). The van der Waals surface area contributed by atoms with Gasteiger partial charge in [-0.25, -0.2) is 8.78 Å². The third kappa shape index (κ3) is 21.9. The van der Waals surface area contributed by atoms with Crippen LogP contribution in [0.15, 0.2) is 12.2 Å². The number of ether oxygens (including phenoxy) is 2. The predicted octanol–water partition coefficient (Wildman–Crippen LogP) is 6.12. The van der Waals surface area contributed by atoms with Crippen LogP contribution in [-0.4, -0.2) is 302 Å².